The highest BCUT2D eigenvalue weighted by Gasteiger charge is 2.20. The lowest BCUT2D eigenvalue weighted by Gasteiger charge is -2.32. The van der Waals surface area contributed by atoms with Gasteiger partial charge in [0.25, 0.3) is 0 Å². The average molecular weight is 278 g/mol. The summed E-state index contributed by atoms with van der Waals surface area (Å²) in [5.74, 6) is 1.07. The van der Waals surface area contributed by atoms with E-state index in [1.165, 1.54) is 31.5 Å². The molecule has 1 fully saturated rings. The van der Waals surface area contributed by atoms with Gasteiger partial charge in [-0.1, -0.05) is 26.0 Å². The van der Waals surface area contributed by atoms with E-state index < -0.39 is 0 Å². The highest BCUT2D eigenvalue weighted by Crippen LogP contribution is 2.23. The first kappa shape index (κ1) is 15.5. The summed E-state index contributed by atoms with van der Waals surface area (Å²) < 4.78 is 13.0. The largest absolute Gasteiger partial charge is 0.309 e. The molecule has 2 rings (SSSR count). The molecular weight excluding hydrogens is 251 g/mol. The van der Waals surface area contributed by atoms with Gasteiger partial charge in [-0.25, -0.2) is 4.39 Å². The van der Waals surface area contributed by atoms with E-state index in [1.807, 2.05) is 12.1 Å². The molecule has 0 saturated carbocycles. The lowest BCUT2D eigenvalue weighted by molar-refractivity contribution is 0.199. The van der Waals surface area contributed by atoms with E-state index in [2.05, 4.69) is 31.1 Å². The van der Waals surface area contributed by atoms with Crippen LogP contribution in [0.25, 0.3) is 0 Å². The Hall–Kier alpha value is -0.930. The van der Waals surface area contributed by atoms with Crippen molar-refractivity contribution in [1.82, 2.24) is 10.2 Å². The molecule has 1 aliphatic rings. The van der Waals surface area contributed by atoms with Crippen LogP contribution in [0.15, 0.2) is 24.3 Å². The summed E-state index contributed by atoms with van der Waals surface area (Å²) in [4.78, 5) is 2.41. The minimum absolute atomic E-state index is 0.162. The highest BCUT2D eigenvalue weighted by atomic mass is 19.1. The Balaban J connectivity index is 1.94. The van der Waals surface area contributed by atoms with Crippen molar-refractivity contribution in [3.05, 3.63) is 35.6 Å². The van der Waals surface area contributed by atoms with Crippen molar-refractivity contribution in [1.29, 1.82) is 0 Å². The van der Waals surface area contributed by atoms with Crippen LogP contribution >= 0.6 is 0 Å². The quantitative estimate of drug-likeness (QED) is 0.887. The minimum Gasteiger partial charge on any atom is -0.309 e. The summed E-state index contributed by atoms with van der Waals surface area (Å²) in [5.41, 5.74) is 1.19. The van der Waals surface area contributed by atoms with Gasteiger partial charge in [0, 0.05) is 12.6 Å². The Kier molecular flexibility index (Phi) is 5.55. The average Bonchev–Trinajstić information content (AvgIpc) is 2.41. The Labute approximate surface area is 122 Å². The van der Waals surface area contributed by atoms with E-state index in [-0.39, 0.29) is 5.82 Å². The highest BCUT2D eigenvalue weighted by molar-refractivity contribution is 5.20. The van der Waals surface area contributed by atoms with E-state index >= 15 is 0 Å². The molecule has 2 atom stereocenters. The zero-order valence-corrected chi connectivity index (χ0v) is 12.9. The van der Waals surface area contributed by atoms with Crippen molar-refractivity contribution in [2.75, 3.05) is 26.7 Å². The Bertz CT molecular complexity index is 402. The third-order valence-corrected chi connectivity index (χ3v) is 4.24. The number of hydrogen-bond donors (Lipinski definition) is 1. The Morgan fingerprint density at radius 2 is 2.00 bits per heavy atom. The molecule has 112 valence electrons. The van der Waals surface area contributed by atoms with Crippen molar-refractivity contribution in [3.63, 3.8) is 0 Å². The first-order valence-electron chi connectivity index (χ1n) is 7.73. The van der Waals surface area contributed by atoms with Crippen LogP contribution in [0.5, 0.6) is 0 Å². The normalized spacial score (nSPS) is 22.1. The molecule has 1 N–H and O–H groups in total. The molecule has 2 nitrogen and oxygen atoms in total. The zero-order valence-electron chi connectivity index (χ0n) is 12.9. The first-order valence-corrected chi connectivity index (χ1v) is 7.73. The Morgan fingerprint density at radius 1 is 1.30 bits per heavy atom. The maximum absolute atomic E-state index is 13.0. The molecular formula is C17H27FN2. The number of benzene rings is 1. The predicted molar refractivity (Wildman–Crippen MR) is 82.2 cm³/mol. The molecule has 1 aliphatic heterocycles. The van der Waals surface area contributed by atoms with Crippen LogP contribution in [0.2, 0.25) is 0 Å². The summed E-state index contributed by atoms with van der Waals surface area (Å²) in [7, 11) is 2.20. The van der Waals surface area contributed by atoms with Crippen LogP contribution < -0.4 is 5.32 Å². The van der Waals surface area contributed by atoms with Gasteiger partial charge in [0.2, 0.25) is 0 Å². The second-order valence-corrected chi connectivity index (χ2v) is 6.45. The maximum Gasteiger partial charge on any atom is 0.123 e. The van der Waals surface area contributed by atoms with E-state index in [9.17, 15) is 4.39 Å². The maximum atomic E-state index is 13.0. The van der Waals surface area contributed by atoms with E-state index in [4.69, 9.17) is 0 Å². The summed E-state index contributed by atoms with van der Waals surface area (Å²) in [5, 5.41) is 3.70. The first-order chi connectivity index (χ1) is 9.56. The molecule has 20 heavy (non-hydrogen) atoms. The zero-order chi connectivity index (χ0) is 14.5. The topological polar surface area (TPSA) is 15.3 Å². The predicted octanol–water partition coefficient (Wildman–Crippen LogP) is 3.45. The molecule has 1 saturated heterocycles. The van der Waals surface area contributed by atoms with Crippen molar-refractivity contribution >= 4 is 0 Å². The van der Waals surface area contributed by atoms with Crippen LogP contribution in [-0.2, 0) is 0 Å². The molecule has 0 amide bonds. The van der Waals surface area contributed by atoms with Gasteiger partial charge in [-0.3, -0.25) is 0 Å². The second-order valence-electron chi connectivity index (χ2n) is 6.45. The van der Waals surface area contributed by atoms with Gasteiger partial charge in [0.15, 0.2) is 0 Å². The van der Waals surface area contributed by atoms with Gasteiger partial charge in [0.1, 0.15) is 5.82 Å². The molecule has 0 spiro atoms. The summed E-state index contributed by atoms with van der Waals surface area (Å²) in [6, 6.07) is 7.23. The van der Waals surface area contributed by atoms with Crippen LogP contribution in [0.4, 0.5) is 4.39 Å². The minimum atomic E-state index is -0.162. The molecule has 0 radical (unpaired) electrons. The lowest BCUT2D eigenvalue weighted by Crippen LogP contribution is -2.39. The van der Waals surface area contributed by atoms with Gasteiger partial charge in [-0.15, -0.1) is 0 Å². The van der Waals surface area contributed by atoms with Crippen LogP contribution in [0.3, 0.4) is 0 Å². The Morgan fingerprint density at radius 3 is 2.60 bits per heavy atom. The number of likely N-dealkylation sites (tertiary alicyclic amines) is 1. The fraction of sp³-hybridized carbons (Fsp3) is 0.647. The molecule has 3 heteroatoms. The number of rotatable bonds is 5. The molecule has 1 aromatic carbocycles. The van der Waals surface area contributed by atoms with Crippen LogP contribution in [0, 0.1) is 17.7 Å². The monoisotopic (exact) mass is 278 g/mol. The number of nitrogens with one attached hydrogen (secondary N) is 1. The number of halogens is 1. The SMILES string of the molecule is CC(C)C(NCC1CCCN(C)C1)c1ccc(F)cc1. The second kappa shape index (κ2) is 7.19. The molecule has 0 aliphatic carbocycles. The van der Waals surface area contributed by atoms with E-state index in [0.717, 1.165) is 12.5 Å². The number of hydrogen-bond acceptors (Lipinski definition) is 2. The number of piperidine rings is 1. The number of nitrogens with zero attached hydrogens (tertiary/aromatic N) is 1. The van der Waals surface area contributed by atoms with Gasteiger partial charge in [0.05, 0.1) is 0 Å². The lowest BCUT2D eigenvalue weighted by atomic mass is 9.93. The standard InChI is InChI=1S/C17H27FN2/c1-13(2)17(15-6-8-16(18)9-7-15)19-11-14-5-4-10-20(3)12-14/h6-9,13-14,17,19H,4-5,10-12H2,1-3H3. The van der Waals surface area contributed by atoms with Gasteiger partial charge in [-0.05, 0) is 62.5 Å². The molecule has 1 aromatic rings. The third-order valence-electron chi connectivity index (χ3n) is 4.24. The summed E-state index contributed by atoms with van der Waals surface area (Å²) in [6.45, 7) is 7.88. The summed E-state index contributed by atoms with van der Waals surface area (Å²) >= 11 is 0. The fourth-order valence-electron chi connectivity index (χ4n) is 3.14. The van der Waals surface area contributed by atoms with Gasteiger partial charge in [-0.2, -0.15) is 0 Å². The van der Waals surface area contributed by atoms with Gasteiger partial charge < -0.3 is 10.2 Å². The summed E-state index contributed by atoms with van der Waals surface area (Å²) in [6.07, 6.45) is 2.61. The van der Waals surface area contributed by atoms with Gasteiger partial charge >= 0.3 is 0 Å². The fourth-order valence-corrected chi connectivity index (χ4v) is 3.14. The van der Waals surface area contributed by atoms with E-state index in [0.29, 0.717) is 12.0 Å². The van der Waals surface area contributed by atoms with Crippen molar-refractivity contribution in [2.24, 2.45) is 11.8 Å². The van der Waals surface area contributed by atoms with E-state index in [1.54, 1.807) is 12.1 Å². The van der Waals surface area contributed by atoms with Crippen molar-refractivity contribution < 1.29 is 4.39 Å². The molecule has 2 unspecified atom stereocenters. The third kappa shape index (κ3) is 4.29. The molecule has 1 heterocycles. The van der Waals surface area contributed by atoms with Crippen LogP contribution in [-0.4, -0.2) is 31.6 Å². The van der Waals surface area contributed by atoms with Crippen LogP contribution in [0.1, 0.15) is 38.3 Å². The molecule has 0 bridgehead atoms. The van der Waals surface area contributed by atoms with Crippen molar-refractivity contribution in [3.8, 4) is 0 Å². The molecule has 0 aromatic heterocycles. The smallest absolute Gasteiger partial charge is 0.123 e. The van der Waals surface area contributed by atoms with Crippen molar-refractivity contribution in [2.45, 2.75) is 32.7 Å².